The molecule has 0 radical (unpaired) electrons. The van der Waals surface area contributed by atoms with Crippen molar-refractivity contribution in [3.63, 3.8) is 0 Å². The Bertz CT molecular complexity index is 752. The van der Waals surface area contributed by atoms with Crippen LogP contribution in [-0.2, 0) is 0 Å². The molecular formula is C19H24Cl2N4O. The number of piperidine rings is 1. The van der Waals surface area contributed by atoms with Crippen LogP contribution >= 0.6 is 24.0 Å². The number of halogens is 2. The first kappa shape index (κ1) is 19.2. The highest BCUT2D eigenvalue weighted by atomic mass is 35.5. The summed E-state index contributed by atoms with van der Waals surface area (Å²) in [5, 5.41) is 8.73. The van der Waals surface area contributed by atoms with Gasteiger partial charge in [-0.05, 0) is 62.4 Å². The summed E-state index contributed by atoms with van der Waals surface area (Å²) in [6.45, 7) is 2.74. The van der Waals surface area contributed by atoms with Crippen LogP contribution in [0.4, 0.5) is 0 Å². The molecule has 5 nitrogen and oxygen atoms in total. The Balaban J connectivity index is 0.00000196. The van der Waals surface area contributed by atoms with Gasteiger partial charge in [0.2, 0.25) is 0 Å². The fourth-order valence-corrected chi connectivity index (χ4v) is 3.49. The maximum absolute atomic E-state index is 12.7. The van der Waals surface area contributed by atoms with Crippen molar-refractivity contribution in [2.45, 2.75) is 31.7 Å². The molecule has 1 N–H and O–H groups in total. The van der Waals surface area contributed by atoms with Crippen LogP contribution in [0.2, 0.25) is 5.02 Å². The van der Waals surface area contributed by atoms with Crippen LogP contribution in [0.3, 0.4) is 0 Å². The molecule has 2 aromatic rings. The second-order valence-corrected chi connectivity index (χ2v) is 7.48. The van der Waals surface area contributed by atoms with E-state index in [1.165, 1.54) is 12.8 Å². The van der Waals surface area contributed by atoms with E-state index in [-0.39, 0.29) is 18.3 Å². The molecule has 2 heterocycles. The maximum atomic E-state index is 12.7. The summed E-state index contributed by atoms with van der Waals surface area (Å²) in [4.78, 5) is 14.6. The van der Waals surface area contributed by atoms with Crippen molar-refractivity contribution in [2.24, 2.45) is 5.92 Å². The zero-order chi connectivity index (χ0) is 17.2. The molecule has 4 rings (SSSR count). The minimum atomic E-state index is 0. The number of likely N-dealkylation sites (tertiary alicyclic amines) is 1. The number of aromatic nitrogens is 2. The first-order valence-electron chi connectivity index (χ1n) is 9.03. The molecule has 0 spiro atoms. The summed E-state index contributed by atoms with van der Waals surface area (Å²) in [6.07, 6.45) is 6.60. The van der Waals surface area contributed by atoms with Crippen molar-refractivity contribution in [3.05, 3.63) is 47.2 Å². The van der Waals surface area contributed by atoms with Gasteiger partial charge in [0.25, 0.3) is 5.91 Å². The third-order valence-corrected chi connectivity index (χ3v) is 5.29. The number of carbonyl (C=O) groups is 1. The predicted molar refractivity (Wildman–Crippen MR) is 105 cm³/mol. The third-order valence-electron chi connectivity index (χ3n) is 5.06. The van der Waals surface area contributed by atoms with Crippen molar-refractivity contribution >= 4 is 29.9 Å². The predicted octanol–water partition coefficient (Wildman–Crippen LogP) is 3.55. The fourth-order valence-electron chi connectivity index (χ4n) is 3.30. The van der Waals surface area contributed by atoms with Gasteiger partial charge in [-0.15, -0.1) is 12.4 Å². The van der Waals surface area contributed by atoms with Crippen molar-refractivity contribution in [3.8, 4) is 5.69 Å². The third kappa shape index (κ3) is 4.58. The molecule has 1 saturated heterocycles. The standard InChI is InChI=1S/C19H23ClN4O.ClH/c20-15-2-1-3-17(12-15)24-11-8-18(22-24)19(25)23-9-6-16(7-10-23)21-13-14-4-5-14;/h1-3,8,11-12,14,16,21H,4-7,9-10,13H2;1H. The highest BCUT2D eigenvalue weighted by molar-refractivity contribution is 6.30. The Morgan fingerprint density at radius 3 is 2.65 bits per heavy atom. The number of amides is 1. The highest BCUT2D eigenvalue weighted by Gasteiger charge is 2.27. The molecule has 1 aromatic heterocycles. The Morgan fingerprint density at radius 2 is 1.96 bits per heavy atom. The number of benzene rings is 1. The van der Waals surface area contributed by atoms with Crippen LogP contribution in [0, 0.1) is 5.92 Å². The monoisotopic (exact) mass is 394 g/mol. The molecule has 1 aliphatic heterocycles. The average Bonchev–Trinajstić information content (AvgIpc) is 3.33. The van der Waals surface area contributed by atoms with Gasteiger partial charge in [0.1, 0.15) is 0 Å². The SMILES string of the molecule is Cl.O=C(c1ccn(-c2cccc(Cl)c2)n1)N1CCC(NCC2CC2)CC1. The van der Waals surface area contributed by atoms with E-state index in [9.17, 15) is 4.79 Å². The van der Waals surface area contributed by atoms with Gasteiger partial charge in [0.05, 0.1) is 5.69 Å². The van der Waals surface area contributed by atoms with E-state index in [0.717, 1.165) is 44.1 Å². The lowest BCUT2D eigenvalue weighted by Gasteiger charge is -2.32. The van der Waals surface area contributed by atoms with E-state index >= 15 is 0 Å². The van der Waals surface area contributed by atoms with Gasteiger partial charge in [-0.2, -0.15) is 5.10 Å². The van der Waals surface area contributed by atoms with Gasteiger partial charge in [-0.25, -0.2) is 4.68 Å². The lowest BCUT2D eigenvalue weighted by Crippen LogP contribution is -2.45. The van der Waals surface area contributed by atoms with E-state index in [2.05, 4.69) is 10.4 Å². The van der Waals surface area contributed by atoms with Crippen LogP contribution in [0.1, 0.15) is 36.2 Å². The summed E-state index contributed by atoms with van der Waals surface area (Å²) >= 11 is 6.03. The molecule has 1 amide bonds. The molecule has 1 aliphatic carbocycles. The summed E-state index contributed by atoms with van der Waals surface area (Å²) in [7, 11) is 0. The molecular weight excluding hydrogens is 371 g/mol. The lowest BCUT2D eigenvalue weighted by atomic mass is 10.0. The molecule has 7 heteroatoms. The summed E-state index contributed by atoms with van der Waals surface area (Å²) < 4.78 is 1.70. The Morgan fingerprint density at radius 1 is 1.19 bits per heavy atom. The minimum Gasteiger partial charge on any atom is -0.337 e. The number of rotatable bonds is 5. The minimum absolute atomic E-state index is 0. The van der Waals surface area contributed by atoms with Gasteiger partial charge in [-0.1, -0.05) is 17.7 Å². The molecule has 2 aliphatic rings. The van der Waals surface area contributed by atoms with Gasteiger partial charge in [-0.3, -0.25) is 4.79 Å². The Hall–Kier alpha value is -1.56. The van der Waals surface area contributed by atoms with Gasteiger partial charge in [0.15, 0.2) is 5.69 Å². The fraction of sp³-hybridized carbons (Fsp3) is 0.474. The first-order valence-corrected chi connectivity index (χ1v) is 9.41. The first-order chi connectivity index (χ1) is 12.2. The van der Waals surface area contributed by atoms with Crippen LogP contribution in [0.5, 0.6) is 0 Å². The van der Waals surface area contributed by atoms with Crippen molar-refractivity contribution in [1.82, 2.24) is 20.0 Å². The Kier molecular flexibility index (Phi) is 6.22. The van der Waals surface area contributed by atoms with E-state index < -0.39 is 0 Å². The van der Waals surface area contributed by atoms with Gasteiger partial charge >= 0.3 is 0 Å². The van der Waals surface area contributed by atoms with Crippen molar-refractivity contribution < 1.29 is 4.79 Å². The average molecular weight is 395 g/mol. The largest absolute Gasteiger partial charge is 0.337 e. The van der Waals surface area contributed by atoms with Gasteiger partial charge < -0.3 is 10.2 Å². The van der Waals surface area contributed by atoms with E-state index in [1.54, 1.807) is 10.7 Å². The normalized spacial score (nSPS) is 17.8. The molecule has 1 saturated carbocycles. The van der Waals surface area contributed by atoms with E-state index in [0.29, 0.717) is 16.8 Å². The van der Waals surface area contributed by atoms with Crippen LogP contribution in [-0.4, -0.2) is 46.3 Å². The molecule has 26 heavy (non-hydrogen) atoms. The lowest BCUT2D eigenvalue weighted by molar-refractivity contribution is 0.0698. The topological polar surface area (TPSA) is 50.2 Å². The smallest absolute Gasteiger partial charge is 0.274 e. The number of carbonyl (C=O) groups excluding carboxylic acids is 1. The number of nitrogens with zero attached hydrogens (tertiary/aromatic N) is 3. The van der Waals surface area contributed by atoms with Crippen LogP contribution < -0.4 is 5.32 Å². The zero-order valence-corrected chi connectivity index (χ0v) is 16.2. The molecule has 0 unspecified atom stereocenters. The second kappa shape index (κ2) is 8.42. The molecule has 140 valence electrons. The highest BCUT2D eigenvalue weighted by Crippen LogP contribution is 2.28. The quantitative estimate of drug-likeness (QED) is 0.843. The number of hydrogen-bond acceptors (Lipinski definition) is 3. The van der Waals surface area contributed by atoms with Crippen LogP contribution in [0.25, 0.3) is 5.69 Å². The molecule has 1 aromatic carbocycles. The number of hydrogen-bond donors (Lipinski definition) is 1. The van der Waals surface area contributed by atoms with Crippen molar-refractivity contribution in [1.29, 1.82) is 0 Å². The number of nitrogens with one attached hydrogen (secondary N) is 1. The van der Waals surface area contributed by atoms with E-state index in [4.69, 9.17) is 11.6 Å². The maximum Gasteiger partial charge on any atom is 0.274 e. The Labute approximate surface area is 165 Å². The summed E-state index contributed by atoms with van der Waals surface area (Å²) in [5.41, 5.74) is 1.35. The zero-order valence-electron chi connectivity index (χ0n) is 14.6. The van der Waals surface area contributed by atoms with Crippen LogP contribution in [0.15, 0.2) is 36.5 Å². The second-order valence-electron chi connectivity index (χ2n) is 7.04. The van der Waals surface area contributed by atoms with E-state index in [1.807, 2.05) is 35.4 Å². The molecule has 2 fully saturated rings. The van der Waals surface area contributed by atoms with Gasteiger partial charge in [0, 0.05) is 30.4 Å². The summed E-state index contributed by atoms with van der Waals surface area (Å²) in [6, 6.07) is 9.78. The summed E-state index contributed by atoms with van der Waals surface area (Å²) in [5.74, 6) is 0.913. The van der Waals surface area contributed by atoms with Crippen molar-refractivity contribution in [2.75, 3.05) is 19.6 Å². The molecule has 0 atom stereocenters. The molecule has 0 bridgehead atoms.